The van der Waals surface area contributed by atoms with Crippen molar-refractivity contribution in [2.45, 2.75) is 26.3 Å². The molecule has 1 aliphatic carbocycles. The maximum Gasteiger partial charge on any atom is 0.163 e. The quantitative estimate of drug-likeness (QED) is 0.825. The van der Waals surface area contributed by atoms with E-state index in [0.29, 0.717) is 12.0 Å². The van der Waals surface area contributed by atoms with E-state index in [1.165, 1.54) is 11.1 Å². The minimum absolute atomic E-state index is 0.260. The van der Waals surface area contributed by atoms with Crippen molar-refractivity contribution in [1.82, 2.24) is 9.88 Å². The number of fused-ring (bicyclic) bond motifs is 1. The molecule has 5 nitrogen and oxygen atoms in total. The molecule has 2 aromatic rings. The van der Waals surface area contributed by atoms with E-state index >= 15 is 0 Å². The van der Waals surface area contributed by atoms with E-state index in [9.17, 15) is 4.79 Å². The molecule has 0 saturated carbocycles. The Bertz CT molecular complexity index is 948. The second-order valence-corrected chi connectivity index (χ2v) is 7.44. The fourth-order valence-corrected chi connectivity index (χ4v) is 3.94. The van der Waals surface area contributed by atoms with Gasteiger partial charge < -0.3 is 4.90 Å². The third-order valence-corrected chi connectivity index (χ3v) is 5.61. The summed E-state index contributed by atoms with van der Waals surface area (Å²) in [5, 5.41) is 8.90. The summed E-state index contributed by atoms with van der Waals surface area (Å²) in [6.07, 6.45) is 5.02. The molecule has 2 aliphatic rings. The number of carbonyl (C=O) groups is 1. The summed E-state index contributed by atoms with van der Waals surface area (Å²) in [5.41, 5.74) is 5.14. The second kappa shape index (κ2) is 7.95. The van der Waals surface area contributed by atoms with Crippen molar-refractivity contribution in [3.63, 3.8) is 0 Å². The van der Waals surface area contributed by atoms with Crippen LogP contribution in [0.3, 0.4) is 0 Å². The van der Waals surface area contributed by atoms with Crippen LogP contribution in [-0.4, -0.2) is 41.8 Å². The molecule has 28 heavy (non-hydrogen) atoms. The lowest BCUT2D eigenvalue weighted by molar-refractivity contribution is -0.115. The van der Waals surface area contributed by atoms with Gasteiger partial charge in [-0.1, -0.05) is 25.1 Å². The molecule has 0 atom stereocenters. The highest BCUT2D eigenvalue weighted by atomic mass is 16.1. The minimum Gasteiger partial charge on any atom is -0.354 e. The third kappa shape index (κ3) is 3.83. The monoisotopic (exact) mass is 372 g/mol. The molecule has 142 valence electrons. The fourth-order valence-electron chi connectivity index (χ4n) is 3.94. The molecular formula is C23H24N4O. The SMILES string of the molecule is CCC1=Cc2ccc(CN3CCN(c4ccc(C#N)cn4)CC3)cc2CC1=O. The maximum atomic E-state index is 12.2. The lowest BCUT2D eigenvalue weighted by Crippen LogP contribution is -2.46. The van der Waals surface area contributed by atoms with Crippen molar-refractivity contribution in [2.24, 2.45) is 0 Å². The average molecular weight is 372 g/mol. The number of benzene rings is 1. The molecule has 1 saturated heterocycles. The van der Waals surface area contributed by atoms with Crippen molar-refractivity contribution in [3.05, 3.63) is 64.4 Å². The Morgan fingerprint density at radius 3 is 2.64 bits per heavy atom. The number of Topliss-reactive ketones (excluding diaryl/α,β-unsaturated/α-hetero) is 1. The highest BCUT2D eigenvalue weighted by Gasteiger charge is 2.20. The predicted octanol–water partition coefficient (Wildman–Crippen LogP) is 3.19. The first-order valence-corrected chi connectivity index (χ1v) is 9.85. The molecule has 4 rings (SSSR count). The lowest BCUT2D eigenvalue weighted by atomic mass is 9.89. The maximum absolute atomic E-state index is 12.2. The van der Waals surface area contributed by atoms with Gasteiger partial charge in [0.2, 0.25) is 0 Å². The van der Waals surface area contributed by atoms with Gasteiger partial charge in [-0.3, -0.25) is 9.69 Å². The number of anilines is 1. The number of hydrogen-bond donors (Lipinski definition) is 0. The van der Waals surface area contributed by atoms with Gasteiger partial charge >= 0.3 is 0 Å². The van der Waals surface area contributed by atoms with Gasteiger partial charge in [0.25, 0.3) is 0 Å². The summed E-state index contributed by atoms with van der Waals surface area (Å²) >= 11 is 0. The van der Waals surface area contributed by atoms with Crippen LogP contribution in [0.1, 0.15) is 35.6 Å². The van der Waals surface area contributed by atoms with E-state index in [1.54, 1.807) is 6.20 Å². The van der Waals surface area contributed by atoms with Gasteiger partial charge in [0.05, 0.1) is 5.56 Å². The zero-order chi connectivity index (χ0) is 19.5. The molecule has 0 spiro atoms. The number of aromatic nitrogens is 1. The Morgan fingerprint density at radius 2 is 1.96 bits per heavy atom. The first-order valence-electron chi connectivity index (χ1n) is 9.85. The summed E-state index contributed by atoms with van der Waals surface area (Å²) < 4.78 is 0. The normalized spacial score (nSPS) is 17.1. The summed E-state index contributed by atoms with van der Waals surface area (Å²) in [4.78, 5) is 21.3. The van der Waals surface area contributed by atoms with Crippen LogP contribution in [0.15, 0.2) is 42.1 Å². The van der Waals surface area contributed by atoms with Crippen molar-refractivity contribution < 1.29 is 4.79 Å². The van der Waals surface area contributed by atoms with E-state index in [1.807, 2.05) is 25.1 Å². The minimum atomic E-state index is 0.260. The van der Waals surface area contributed by atoms with Crippen molar-refractivity contribution >= 4 is 17.7 Å². The van der Waals surface area contributed by atoms with E-state index < -0.39 is 0 Å². The Hall–Kier alpha value is -2.97. The number of hydrogen-bond acceptors (Lipinski definition) is 5. The van der Waals surface area contributed by atoms with Crippen LogP contribution in [0.5, 0.6) is 0 Å². The van der Waals surface area contributed by atoms with Crippen LogP contribution < -0.4 is 4.90 Å². The molecule has 5 heteroatoms. The van der Waals surface area contributed by atoms with Gasteiger partial charge in [0.15, 0.2) is 5.78 Å². The van der Waals surface area contributed by atoms with Gasteiger partial charge in [-0.25, -0.2) is 4.98 Å². The van der Waals surface area contributed by atoms with Crippen LogP contribution in [-0.2, 0) is 17.8 Å². The molecule has 1 aromatic carbocycles. The van der Waals surface area contributed by atoms with Crippen LogP contribution in [0.2, 0.25) is 0 Å². The summed E-state index contributed by atoms with van der Waals surface area (Å²) in [6.45, 7) is 6.72. The first-order chi connectivity index (χ1) is 13.7. The van der Waals surface area contributed by atoms with Crippen LogP contribution >= 0.6 is 0 Å². The Balaban J connectivity index is 1.38. The Morgan fingerprint density at radius 1 is 1.14 bits per heavy atom. The summed E-state index contributed by atoms with van der Waals surface area (Å²) in [5.74, 6) is 1.19. The van der Waals surface area contributed by atoms with E-state index in [4.69, 9.17) is 5.26 Å². The number of carbonyl (C=O) groups excluding carboxylic acids is 1. The van der Waals surface area contributed by atoms with Gasteiger partial charge in [-0.15, -0.1) is 0 Å². The fraction of sp³-hybridized carbons (Fsp3) is 0.348. The van der Waals surface area contributed by atoms with Gasteiger partial charge in [0.1, 0.15) is 11.9 Å². The molecule has 0 amide bonds. The Kier molecular flexibility index (Phi) is 5.23. The number of piperazine rings is 1. The lowest BCUT2D eigenvalue weighted by Gasteiger charge is -2.35. The van der Waals surface area contributed by atoms with Crippen LogP contribution in [0.4, 0.5) is 5.82 Å². The zero-order valence-corrected chi connectivity index (χ0v) is 16.2. The first kappa shape index (κ1) is 18.4. The number of nitriles is 1. The molecule has 0 bridgehead atoms. The molecule has 0 unspecified atom stereocenters. The van der Waals surface area contributed by atoms with E-state index in [2.05, 4.69) is 39.1 Å². The molecule has 2 heterocycles. The Labute approximate surface area is 165 Å². The number of nitrogens with zero attached hydrogens (tertiary/aromatic N) is 4. The molecule has 1 aliphatic heterocycles. The van der Waals surface area contributed by atoms with Crippen LogP contribution in [0.25, 0.3) is 6.08 Å². The third-order valence-electron chi connectivity index (χ3n) is 5.61. The van der Waals surface area contributed by atoms with Crippen molar-refractivity contribution in [2.75, 3.05) is 31.1 Å². The topological polar surface area (TPSA) is 60.2 Å². The second-order valence-electron chi connectivity index (χ2n) is 7.44. The average Bonchev–Trinajstić information content (AvgIpc) is 2.74. The highest BCUT2D eigenvalue weighted by Crippen LogP contribution is 2.25. The molecule has 1 aromatic heterocycles. The summed E-state index contributed by atoms with van der Waals surface area (Å²) in [6, 6.07) is 12.4. The van der Waals surface area contributed by atoms with E-state index in [0.717, 1.165) is 56.1 Å². The van der Waals surface area contributed by atoms with Gasteiger partial charge in [0, 0.05) is 45.3 Å². The zero-order valence-electron chi connectivity index (χ0n) is 16.2. The van der Waals surface area contributed by atoms with Crippen molar-refractivity contribution in [3.8, 4) is 6.07 Å². The predicted molar refractivity (Wildman–Crippen MR) is 110 cm³/mol. The number of pyridine rings is 1. The van der Waals surface area contributed by atoms with Crippen molar-refractivity contribution in [1.29, 1.82) is 5.26 Å². The van der Waals surface area contributed by atoms with E-state index in [-0.39, 0.29) is 5.78 Å². The van der Waals surface area contributed by atoms with Gasteiger partial charge in [-0.2, -0.15) is 5.26 Å². The smallest absolute Gasteiger partial charge is 0.163 e. The summed E-state index contributed by atoms with van der Waals surface area (Å²) in [7, 11) is 0. The molecule has 1 fully saturated rings. The standard InChI is InChI=1S/C23H24N4O/c1-2-19-12-20-5-3-17(11-21(20)13-22(19)28)16-26-7-9-27(10-8-26)23-6-4-18(14-24)15-25-23/h3-6,11-12,15H,2,7-10,13,16H2,1H3. The number of rotatable bonds is 4. The largest absolute Gasteiger partial charge is 0.354 e. The van der Waals surface area contributed by atoms with Gasteiger partial charge in [-0.05, 0) is 46.9 Å². The van der Waals surface area contributed by atoms with Crippen LogP contribution in [0, 0.1) is 11.3 Å². The molecule has 0 radical (unpaired) electrons. The number of allylic oxidation sites excluding steroid dienone is 1. The number of ketones is 1. The molecular weight excluding hydrogens is 348 g/mol. The highest BCUT2D eigenvalue weighted by molar-refractivity contribution is 6.03. The molecule has 0 N–H and O–H groups in total.